The maximum Gasteiger partial charge on any atom is 0.338 e. The van der Waals surface area contributed by atoms with E-state index in [1.54, 1.807) is 20.0 Å². The van der Waals surface area contributed by atoms with Crippen LogP contribution in [-0.4, -0.2) is 30.4 Å². The average Bonchev–Trinajstić information content (AvgIpc) is 2.13. The monoisotopic (exact) mass is 249 g/mol. The lowest BCUT2D eigenvalue weighted by Crippen LogP contribution is -2.33. The lowest BCUT2D eigenvalue weighted by Gasteiger charge is -2.06. The second kappa shape index (κ2) is 6.80. The third-order valence-corrected chi connectivity index (χ3v) is 1.70. The molecule has 13 heavy (non-hydrogen) atoms. The third kappa shape index (κ3) is 5.54. The van der Waals surface area contributed by atoms with Crippen molar-refractivity contribution in [2.75, 3.05) is 12.4 Å². The van der Waals surface area contributed by atoms with E-state index in [1.165, 1.54) is 6.08 Å². The van der Waals surface area contributed by atoms with E-state index in [4.69, 9.17) is 0 Å². The Morgan fingerprint density at radius 2 is 2.23 bits per heavy atom. The molecule has 0 unspecified atom stereocenters. The number of halogens is 1. The highest BCUT2D eigenvalue weighted by Gasteiger charge is 2.14. The number of nitrogens with one attached hydrogen (secondary N) is 1. The normalized spacial score (nSPS) is 12.8. The first-order valence-electron chi connectivity index (χ1n) is 3.77. The summed E-state index contributed by atoms with van der Waals surface area (Å²) in [6, 6.07) is -0.471. The molecule has 0 rings (SSSR count). The minimum Gasteiger partial charge on any atom is -0.389 e. The number of carbonyl (C=O) groups is 2. The lowest BCUT2D eigenvalue weighted by atomic mass is 10.3. The number of hydrogen-bond donors (Lipinski definition) is 1. The van der Waals surface area contributed by atoms with Crippen LogP contribution < -0.4 is 5.32 Å². The Morgan fingerprint density at radius 3 is 2.69 bits per heavy atom. The van der Waals surface area contributed by atoms with E-state index in [1.807, 2.05) is 0 Å². The van der Waals surface area contributed by atoms with Crippen LogP contribution in [-0.2, 0) is 14.3 Å². The van der Waals surface area contributed by atoms with E-state index in [2.05, 4.69) is 26.0 Å². The fraction of sp³-hybridized carbons (Fsp3) is 0.500. The van der Waals surface area contributed by atoms with Gasteiger partial charge in [0.1, 0.15) is 6.04 Å². The molecule has 74 valence electrons. The summed E-state index contributed by atoms with van der Waals surface area (Å²) in [5.74, 6) is -1.22. The Bertz CT molecular complexity index is 215. The highest BCUT2D eigenvalue weighted by Crippen LogP contribution is 1.90. The summed E-state index contributed by atoms with van der Waals surface area (Å²) in [6.07, 6.45) is 2.76. The van der Waals surface area contributed by atoms with E-state index < -0.39 is 18.0 Å². The van der Waals surface area contributed by atoms with E-state index in [9.17, 15) is 9.59 Å². The fourth-order valence-electron chi connectivity index (χ4n) is 0.480. The maximum absolute atomic E-state index is 11.0. The molecule has 1 atom stereocenters. The maximum atomic E-state index is 11.0. The highest BCUT2D eigenvalue weighted by molar-refractivity contribution is 9.09. The first kappa shape index (κ1) is 12.3. The summed E-state index contributed by atoms with van der Waals surface area (Å²) in [4.78, 5) is 21.9. The van der Waals surface area contributed by atoms with Crippen LogP contribution in [0.1, 0.15) is 6.92 Å². The zero-order chi connectivity index (χ0) is 10.3. The van der Waals surface area contributed by atoms with E-state index in [0.29, 0.717) is 5.33 Å². The van der Waals surface area contributed by atoms with Gasteiger partial charge in [-0.2, -0.15) is 0 Å². The first-order valence-corrected chi connectivity index (χ1v) is 4.89. The van der Waals surface area contributed by atoms with E-state index >= 15 is 0 Å². The standard InChI is InChI=1S/C8H12BrNO3/c1-6(10-2)8(12)13-7(11)4-3-5-9/h3-4,6,10H,5H2,1-2H3/t6-/m0/s1. The van der Waals surface area contributed by atoms with Gasteiger partial charge in [-0.05, 0) is 14.0 Å². The largest absolute Gasteiger partial charge is 0.389 e. The Balaban J connectivity index is 3.92. The predicted octanol–water partition coefficient (Wildman–Crippen LogP) is 0.615. The molecule has 0 aliphatic heterocycles. The van der Waals surface area contributed by atoms with Crippen LogP contribution in [0.3, 0.4) is 0 Å². The van der Waals surface area contributed by atoms with Gasteiger partial charge >= 0.3 is 11.9 Å². The van der Waals surface area contributed by atoms with Crippen molar-refractivity contribution in [3.05, 3.63) is 12.2 Å². The van der Waals surface area contributed by atoms with Gasteiger partial charge < -0.3 is 10.1 Å². The smallest absolute Gasteiger partial charge is 0.338 e. The Labute approximate surface area is 85.5 Å². The van der Waals surface area contributed by atoms with Crippen LogP contribution in [0.5, 0.6) is 0 Å². The summed E-state index contributed by atoms with van der Waals surface area (Å²) in [6.45, 7) is 1.61. The van der Waals surface area contributed by atoms with Crippen LogP contribution in [0.4, 0.5) is 0 Å². The molecule has 5 heteroatoms. The summed E-state index contributed by atoms with van der Waals surface area (Å²) < 4.78 is 4.46. The molecule has 0 aromatic rings. The molecule has 0 bridgehead atoms. The molecule has 0 heterocycles. The molecule has 0 radical (unpaired) electrons. The molecule has 0 aromatic heterocycles. The van der Waals surface area contributed by atoms with Gasteiger partial charge in [-0.1, -0.05) is 22.0 Å². The number of rotatable bonds is 4. The Hall–Kier alpha value is -0.680. The second-order valence-corrected chi connectivity index (χ2v) is 2.95. The zero-order valence-corrected chi connectivity index (χ0v) is 9.13. The van der Waals surface area contributed by atoms with Gasteiger partial charge in [-0.25, -0.2) is 9.59 Å². The van der Waals surface area contributed by atoms with Crippen molar-refractivity contribution < 1.29 is 14.3 Å². The van der Waals surface area contributed by atoms with Crippen LogP contribution in [0.2, 0.25) is 0 Å². The highest BCUT2D eigenvalue weighted by atomic mass is 79.9. The molecular formula is C8H12BrNO3. The number of hydrogen-bond acceptors (Lipinski definition) is 4. The van der Waals surface area contributed by atoms with Gasteiger partial charge in [-0.3, -0.25) is 0 Å². The summed E-state index contributed by atoms with van der Waals surface area (Å²) in [5, 5.41) is 3.22. The molecule has 1 N–H and O–H groups in total. The number of likely N-dealkylation sites (N-methyl/N-ethyl adjacent to an activating group) is 1. The molecule has 4 nitrogen and oxygen atoms in total. The SMILES string of the molecule is CN[C@@H](C)C(=O)OC(=O)C=CCBr. The summed E-state index contributed by atoms with van der Waals surface area (Å²) in [5.41, 5.74) is 0. The number of esters is 2. The van der Waals surface area contributed by atoms with Crippen LogP contribution >= 0.6 is 15.9 Å². The number of carbonyl (C=O) groups excluding carboxylic acids is 2. The zero-order valence-electron chi connectivity index (χ0n) is 7.54. The predicted molar refractivity (Wildman–Crippen MR) is 52.6 cm³/mol. The minimum absolute atomic E-state index is 0.471. The quantitative estimate of drug-likeness (QED) is 0.344. The Kier molecular flexibility index (Phi) is 6.44. The van der Waals surface area contributed by atoms with Gasteiger partial charge in [0, 0.05) is 11.4 Å². The molecule has 0 saturated heterocycles. The minimum atomic E-state index is -0.647. The van der Waals surface area contributed by atoms with Gasteiger partial charge in [0.15, 0.2) is 0 Å². The van der Waals surface area contributed by atoms with Crippen molar-refractivity contribution in [1.82, 2.24) is 5.32 Å². The van der Waals surface area contributed by atoms with Crippen molar-refractivity contribution >= 4 is 27.9 Å². The van der Waals surface area contributed by atoms with Gasteiger partial charge in [0.2, 0.25) is 0 Å². The molecule has 0 aliphatic rings. The molecule has 0 aromatic carbocycles. The number of ether oxygens (including phenoxy) is 1. The number of allylic oxidation sites excluding steroid dienone is 1. The molecular weight excluding hydrogens is 238 g/mol. The molecule has 0 spiro atoms. The van der Waals surface area contributed by atoms with Crippen LogP contribution in [0.15, 0.2) is 12.2 Å². The first-order chi connectivity index (χ1) is 6.11. The van der Waals surface area contributed by atoms with Crippen molar-refractivity contribution in [3.63, 3.8) is 0 Å². The Morgan fingerprint density at radius 1 is 1.62 bits per heavy atom. The molecule has 0 amide bonds. The van der Waals surface area contributed by atoms with Gasteiger partial charge in [0.25, 0.3) is 0 Å². The topological polar surface area (TPSA) is 55.4 Å². The molecule has 0 aliphatic carbocycles. The van der Waals surface area contributed by atoms with Crippen LogP contribution in [0, 0.1) is 0 Å². The molecule has 0 fully saturated rings. The van der Waals surface area contributed by atoms with Gasteiger partial charge in [-0.15, -0.1) is 0 Å². The number of alkyl halides is 1. The third-order valence-electron chi connectivity index (χ3n) is 1.33. The summed E-state index contributed by atoms with van der Waals surface area (Å²) in [7, 11) is 1.62. The molecule has 0 saturated carbocycles. The van der Waals surface area contributed by atoms with Crippen molar-refractivity contribution in [1.29, 1.82) is 0 Å². The average molecular weight is 250 g/mol. The summed E-state index contributed by atoms with van der Waals surface area (Å²) >= 11 is 3.09. The van der Waals surface area contributed by atoms with Crippen molar-refractivity contribution in [2.45, 2.75) is 13.0 Å². The van der Waals surface area contributed by atoms with Crippen molar-refractivity contribution in [2.24, 2.45) is 0 Å². The van der Waals surface area contributed by atoms with Crippen LogP contribution in [0.25, 0.3) is 0 Å². The van der Waals surface area contributed by atoms with E-state index in [-0.39, 0.29) is 0 Å². The second-order valence-electron chi connectivity index (χ2n) is 2.31. The van der Waals surface area contributed by atoms with Gasteiger partial charge in [0.05, 0.1) is 0 Å². The lowest BCUT2D eigenvalue weighted by molar-refractivity contribution is -0.157. The van der Waals surface area contributed by atoms with Crippen molar-refractivity contribution in [3.8, 4) is 0 Å². The fourth-order valence-corrected chi connectivity index (χ4v) is 0.667. The van der Waals surface area contributed by atoms with E-state index in [0.717, 1.165) is 0 Å².